The number of hydrogen-bond donors (Lipinski definition) is 1. The maximum Gasteiger partial charge on any atom is 0.231 e. The topological polar surface area (TPSA) is 46.6 Å². The minimum Gasteiger partial charge on any atom is -0.454 e. The lowest BCUT2D eigenvalue weighted by atomic mass is 10.0. The summed E-state index contributed by atoms with van der Waals surface area (Å²) in [5.74, 6) is 1.64. The van der Waals surface area contributed by atoms with Gasteiger partial charge < -0.3 is 14.8 Å². The van der Waals surface area contributed by atoms with E-state index in [1.165, 1.54) is 11.1 Å². The van der Waals surface area contributed by atoms with E-state index >= 15 is 0 Å². The number of rotatable bonds is 3. The van der Waals surface area contributed by atoms with E-state index in [1.54, 1.807) is 0 Å². The van der Waals surface area contributed by atoms with Gasteiger partial charge in [-0.1, -0.05) is 15.9 Å². The summed E-state index contributed by atoms with van der Waals surface area (Å²) in [4.78, 5) is 6.62. The smallest absolute Gasteiger partial charge is 0.231 e. The molecule has 5 nitrogen and oxygen atoms in total. The van der Waals surface area contributed by atoms with Gasteiger partial charge in [0.05, 0.1) is 0 Å². The Kier molecular flexibility index (Phi) is 4.20. The van der Waals surface area contributed by atoms with E-state index in [0.29, 0.717) is 12.8 Å². The van der Waals surface area contributed by atoms with Gasteiger partial charge in [0.15, 0.2) is 11.5 Å². The van der Waals surface area contributed by atoms with E-state index in [1.807, 2.05) is 18.5 Å². The van der Waals surface area contributed by atoms with Crippen molar-refractivity contribution in [3.05, 3.63) is 52.3 Å². The van der Waals surface area contributed by atoms with E-state index in [9.17, 15) is 0 Å². The molecule has 0 amide bonds. The van der Waals surface area contributed by atoms with Crippen LogP contribution in [0.1, 0.15) is 17.2 Å². The van der Waals surface area contributed by atoms with Crippen molar-refractivity contribution in [1.29, 1.82) is 0 Å². The number of ether oxygens (including phenoxy) is 2. The van der Waals surface area contributed by atoms with Gasteiger partial charge in [-0.3, -0.25) is 9.88 Å². The lowest BCUT2D eigenvalue weighted by Gasteiger charge is -2.36. The largest absolute Gasteiger partial charge is 0.454 e. The average molecular weight is 376 g/mol. The summed E-state index contributed by atoms with van der Waals surface area (Å²) in [6.45, 7) is 4.13. The quantitative estimate of drug-likeness (QED) is 0.893. The van der Waals surface area contributed by atoms with Crippen LogP contribution in [0.4, 0.5) is 0 Å². The molecule has 120 valence electrons. The minimum absolute atomic E-state index is 0.304. The van der Waals surface area contributed by atoms with Crippen molar-refractivity contribution in [2.24, 2.45) is 0 Å². The van der Waals surface area contributed by atoms with Gasteiger partial charge in [-0.2, -0.15) is 0 Å². The highest BCUT2D eigenvalue weighted by Gasteiger charge is 2.25. The van der Waals surface area contributed by atoms with Crippen molar-refractivity contribution in [1.82, 2.24) is 15.2 Å². The second-order valence-electron chi connectivity index (χ2n) is 5.77. The minimum atomic E-state index is 0.304. The molecule has 1 N–H and O–H groups in total. The fourth-order valence-corrected chi connectivity index (χ4v) is 3.60. The summed E-state index contributed by atoms with van der Waals surface area (Å²) in [5.41, 5.74) is 2.51. The molecule has 4 rings (SSSR count). The molecule has 0 spiro atoms. The molecule has 1 saturated heterocycles. The fourth-order valence-electron chi connectivity index (χ4n) is 3.15. The van der Waals surface area contributed by atoms with Crippen LogP contribution in [0.5, 0.6) is 11.5 Å². The van der Waals surface area contributed by atoms with Gasteiger partial charge in [0.2, 0.25) is 6.79 Å². The summed E-state index contributed by atoms with van der Waals surface area (Å²) in [6, 6.07) is 8.63. The summed E-state index contributed by atoms with van der Waals surface area (Å²) >= 11 is 3.67. The normalized spacial score (nSPS) is 20.7. The molecule has 23 heavy (non-hydrogen) atoms. The number of nitrogens with one attached hydrogen (secondary N) is 1. The standard InChI is InChI=1S/C17H18BrN3O2/c18-14-8-17-16(22-11-23-17)7-13(14)10-21-6-5-20-9-15(21)12-1-3-19-4-2-12/h1-4,7-8,15,20H,5-6,9-11H2. The molecule has 3 heterocycles. The molecule has 2 aromatic rings. The van der Waals surface area contributed by atoms with Crippen LogP contribution in [-0.4, -0.2) is 36.3 Å². The first kappa shape index (κ1) is 14.9. The third-order valence-electron chi connectivity index (χ3n) is 4.36. The Bertz CT molecular complexity index is 696. The number of fused-ring (bicyclic) bond motifs is 1. The Morgan fingerprint density at radius 3 is 2.83 bits per heavy atom. The van der Waals surface area contributed by atoms with Crippen LogP contribution in [0.3, 0.4) is 0 Å². The van der Waals surface area contributed by atoms with Crippen LogP contribution < -0.4 is 14.8 Å². The molecule has 0 radical (unpaired) electrons. The van der Waals surface area contributed by atoms with Crippen LogP contribution in [0, 0.1) is 0 Å². The second kappa shape index (κ2) is 6.47. The van der Waals surface area contributed by atoms with Crippen molar-refractivity contribution >= 4 is 15.9 Å². The van der Waals surface area contributed by atoms with E-state index in [2.05, 4.69) is 49.3 Å². The maximum atomic E-state index is 5.51. The number of nitrogens with zero attached hydrogens (tertiary/aromatic N) is 2. The molecular formula is C17H18BrN3O2. The van der Waals surface area contributed by atoms with Crippen LogP contribution in [-0.2, 0) is 6.54 Å². The maximum absolute atomic E-state index is 5.51. The van der Waals surface area contributed by atoms with Gasteiger partial charge in [-0.15, -0.1) is 0 Å². The van der Waals surface area contributed by atoms with E-state index < -0.39 is 0 Å². The monoisotopic (exact) mass is 375 g/mol. The Labute approximate surface area is 143 Å². The van der Waals surface area contributed by atoms with Gasteiger partial charge in [-0.05, 0) is 35.4 Å². The number of benzene rings is 1. The van der Waals surface area contributed by atoms with E-state index in [0.717, 1.165) is 42.2 Å². The van der Waals surface area contributed by atoms with E-state index in [-0.39, 0.29) is 0 Å². The van der Waals surface area contributed by atoms with Crippen LogP contribution in [0.2, 0.25) is 0 Å². The molecule has 2 aliphatic rings. The molecule has 6 heteroatoms. The highest BCUT2D eigenvalue weighted by Crippen LogP contribution is 2.38. The van der Waals surface area contributed by atoms with Gasteiger partial charge in [0.1, 0.15) is 0 Å². The summed E-state index contributed by atoms with van der Waals surface area (Å²) < 4.78 is 12.0. The SMILES string of the molecule is Brc1cc2c(cc1CN1CCNCC1c1ccncc1)OCO2. The summed E-state index contributed by atoms with van der Waals surface area (Å²) in [7, 11) is 0. The Hall–Kier alpha value is -1.63. The second-order valence-corrected chi connectivity index (χ2v) is 6.62. The number of halogens is 1. The van der Waals surface area contributed by atoms with Gasteiger partial charge in [0.25, 0.3) is 0 Å². The fraction of sp³-hybridized carbons (Fsp3) is 0.353. The number of aromatic nitrogens is 1. The first-order chi connectivity index (χ1) is 11.3. The van der Waals surface area contributed by atoms with Gasteiger partial charge >= 0.3 is 0 Å². The number of piperazine rings is 1. The van der Waals surface area contributed by atoms with Crippen LogP contribution >= 0.6 is 15.9 Å². The Morgan fingerprint density at radius 2 is 2.00 bits per heavy atom. The molecule has 1 aromatic carbocycles. The molecule has 1 aromatic heterocycles. The first-order valence-corrected chi connectivity index (χ1v) is 8.53. The third-order valence-corrected chi connectivity index (χ3v) is 5.10. The molecule has 0 saturated carbocycles. The highest BCUT2D eigenvalue weighted by atomic mass is 79.9. The molecule has 1 atom stereocenters. The first-order valence-electron chi connectivity index (χ1n) is 7.74. The van der Waals surface area contributed by atoms with Crippen molar-refractivity contribution in [3.63, 3.8) is 0 Å². The predicted octanol–water partition coefficient (Wildman–Crippen LogP) is 2.72. The molecule has 0 aliphatic carbocycles. The Morgan fingerprint density at radius 1 is 1.22 bits per heavy atom. The number of hydrogen-bond acceptors (Lipinski definition) is 5. The lowest BCUT2D eigenvalue weighted by molar-refractivity contribution is 0.153. The van der Waals surface area contributed by atoms with Gasteiger partial charge in [0, 0.05) is 49.1 Å². The number of pyridine rings is 1. The average Bonchev–Trinajstić information content (AvgIpc) is 3.03. The molecule has 1 fully saturated rings. The van der Waals surface area contributed by atoms with Crippen LogP contribution in [0.25, 0.3) is 0 Å². The van der Waals surface area contributed by atoms with Crippen molar-refractivity contribution in [3.8, 4) is 11.5 Å². The molecular weight excluding hydrogens is 358 g/mol. The van der Waals surface area contributed by atoms with Gasteiger partial charge in [-0.25, -0.2) is 0 Å². The lowest BCUT2D eigenvalue weighted by Crippen LogP contribution is -2.45. The zero-order valence-electron chi connectivity index (χ0n) is 12.7. The summed E-state index contributed by atoms with van der Waals surface area (Å²) in [6.07, 6.45) is 3.72. The molecule has 2 aliphatic heterocycles. The molecule has 1 unspecified atom stereocenters. The van der Waals surface area contributed by atoms with Crippen molar-refractivity contribution in [2.45, 2.75) is 12.6 Å². The predicted molar refractivity (Wildman–Crippen MR) is 90.5 cm³/mol. The zero-order valence-corrected chi connectivity index (χ0v) is 14.3. The molecule has 0 bridgehead atoms. The third kappa shape index (κ3) is 3.06. The van der Waals surface area contributed by atoms with Crippen molar-refractivity contribution in [2.75, 3.05) is 26.4 Å². The van der Waals surface area contributed by atoms with E-state index in [4.69, 9.17) is 9.47 Å². The Balaban J connectivity index is 1.59. The van der Waals surface area contributed by atoms with Crippen molar-refractivity contribution < 1.29 is 9.47 Å². The summed E-state index contributed by atoms with van der Waals surface area (Å²) in [5, 5.41) is 3.49. The van der Waals surface area contributed by atoms with Crippen LogP contribution in [0.15, 0.2) is 41.1 Å². The highest BCUT2D eigenvalue weighted by molar-refractivity contribution is 9.10. The zero-order chi connectivity index (χ0) is 15.6.